The van der Waals surface area contributed by atoms with Gasteiger partial charge in [0.1, 0.15) is 12.2 Å². The molecular formula is C10H18O5. The average molecular weight is 218 g/mol. The van der Waals surface area contributed by atoms with E-state index < -0.39 is 24.6 Å². The molecule has 1 saturated heterocycles. The van der Waals surface area contributed by atoms with E-state index in [0.29, 0.717) is 5.92 Å². The van der Waals surface area contributed by atoms with Crippen LogP contribution in [0, 0.1) is 11.8 Å². The van der Waals surface area contributed by atoms with Crippen molar-refractivity contribution in [3.63, 3.8) is 0 Å². The van der Waals surface area contributed by atoms with Gasteiger partial charge in [0.2, 0.25) is 0 Å². The lowest BCUT2D eigenvalue weighted by molar-refractivity contribution is -0.282. The third-order valence-corrected chi connectivity index (χ3v) is 3.33. The quantitative estimate of drug-likeness (QED) is 0.572. The van der Waals surface area contributed by atoms with Crippen molar-refractivity contribution in [1.82, 2.24) is 0 Å². The Kier molecular flexibility index (Phi) is 3.27. The molecule has 5 atom stereocenters. The highest BCUT2D eigenvalue weighted by molar-refractivity contribution is 4.96. The second-order valence-electron chi connectivity index (χ2n) is 4.36. The Hall–Kier alpha value is -0.200. The number of methoxy groups -OCH3 is 1. The summed E-state index contributed by atoms with van der Waals surface area (Å²) in [5.41, 5.74) is 0. The maximum absolute atomic E-state index is 9.93. The molecule has 15 heavy (non-hydrogen) atoms. The van der Waals surface area contributed by atoms with Crippen LogP contribution in [0.4, 0.5) is 0 Å². The normalized spacial score (nSPS) is 46.8. The third-order valence-electron chi connectivity index (χ3n) is 3.33. The van der Waals surface area contributed by atoms with Gasteiger partial charge in [-0.05, 0) is 18.8 Å². The van der Waals surface area contributed by atoms with Gasteiger partial charge in [-0.1, -0.05) is 0 Å². The molecule has 1 saturated carbocycles. The fraction of sp³-hybridized carbons (Fsp3) is 1.00. The third kappa shape index (κ3) is 2.03. The average Bonchev–Trinajstić information content (AvgIpc) is 3.05. The van der Waals surface area contributed by atoms with Crippen molar-refractivity contribution in [1.29, 1.82) is 0 Å². The molecule has 1 aliphatic heterocycles. The Morgan fingerprint density at radius 1 is 1.27 bits per heavy atom. The molecule has 2 rings (SSSR count). The van der Waals surface area contributed by atoms with E-state index >= 15 is 0 Å². The van der Waals surface area contributed by atoms with E-state index in [1.54, 1.807) is 0 Å². The van der Waals surface area contributed by atoms with Crippen LogP contribution in [0.3, 0.4) is 0 Å². The molecule has 5 nitrogen and oxygen atoms in total. The summed E-state index contributed by atoms with van der Waals surface area (Å²) >= 11 is 0. The molecule has 1 heterocycles. The van der Waals surface area contributed by atoms with Gasteiger partial charge in [-0.3, -0.25) is 0 Å². The summed E-state index contributed by atoms with van der Waals surface area (Å²) in [6, 6.07) is 0. The van der Waals surface area contributed by atoms with Crippen molar-refractivity contribution in [2.75, 3.05) is 13.7 Å². The zero-order valence-corrected chi connectivity index (χ0v) is 8.74. The van der Waals surface area contributed by atoms with Crippen LogP contribution in [-0.2, 0) is 9.47 Å². The SMILES string of the molecule is COC1OC(CO)C(O)C(O)C1C1CC1. The van der Waals surface area contributed by atoms with Crippen molar-refractivity contribution in [3.8, 4) is 0 Å². The molecule has 3 N–H and O–H groups in total. The van der Waals surface area contributed by atoms with E-state index in [1.807, 2.05) is 0 Å². The van der Waals surface area contributed by atoms with E-state index in [-0.39, 0.29) is 12.5 Å². The van der Waals surface area contributed by atoms with Crippen molar-refractivity contribution in [2.24, 2.45) is 11.8 Å². The molecular weight excluding hydrogens is 200 g/mol. The highest BCUT2D eigenvalue weighted by Crippen LogP contribution is 2.44. The monoisotopic (exact) mass is 218 g/mol. The van der Waals surface area contributed by atoms with Crippen LogP contribution in [0.5, 0.6) is 0 Å². The van der Waals surface area contributed by atoms with Crippen LogP contribution < -0.4 is 0 Å². The zero-order valence-electron chi connectivity index (χ0n) is 8.74. The molecule has 0 aromatic carbocycles. The minimum absolute atomic E-state index is 0.173. The van der Waals surface area contributed by atoms with Gasteiger partial charge in [0.15, 0.2) is 6.29 Å². The van der Waals surface area contributed by atoms with Gasteiger partial charge in [-0.2, -0.15) is 0 Å². The Labute approximate surface area is 88.6 Å². The number of ether oxygens (including phenoxy) is 2. The largest absolute Gasteiger partial charge is 0.394 e. The van der Waals surface area contributed by atoms with Crippen LogP contribution in [0.25, 0.3) is 0 Å². The summed E-state index contributed by atoms with van der Waals surface area (Å²) in [7, 11) is 1.51. The number of rotatable bonds is 3. The Bertz CT molecular complexity index is 216. The Morgan fingerprint density at radius 3 is 2.40 bits per heavy atom. The first-order chi connectivity index (χ1) is 7.19. The molecule has 0 bridgehead atoms. The van der Waals surface area contributed by atoms with Gasteiger partial charge < -0.3 is 24.8 Å². The van der Waals surface area contributed by atoms with E-state index in [1.165, 1.54) is 7.11 Å². The first kappa shape index (κ1) is 11.3. The summed E-state index contributed by atoms with van der Waals surface area (Å²) in [5.74, 6) is 0.201. The fourth-order valence-electron chi connectivity index (χ4n) is 2.30. The minimum atomic E-state index is -1.02. The van der Waals surface area contributed by atoms with Gasteiger partial charge in [0.05, 0.1) is 12.7 Å². The predicted molar refractivity (Wildman–Crippen MR) is 51.0 cm³/mol. The van der Waals surface area contributed by atoms with Gasteiger partial charge in [-0.15, -0.1) is 0 Å². The van der Waals surface area contributed by atoms with E-state index in [9.17, 15) is 10.2 Å². The maximum Gasteiger partial charge on any atom is 0.163 e. The summed E-state index contributed by atoms with van der Waals surface area (Å²) in [6.07, 6.45) is -1.07. The molecule has 0 spiro atoms. The van der Waals surface area contributed by atoms with Gasteiger partial charge in [-0.25, -0.2) is 0 Å². The lowest BCUT2D eigenvalue weighted by atomic mass is 9.87. The molecule has 0 radical (unpaired) electrons. The molecule has 1 aliphatic carbocycles. The summed E-state index contributed by atoms with van der Waals surface area (Å²) in [6.45, 7) is -0.310. The molecule has 0 amide bonds. The molecule has 5 unspecified atom stereocenters. The highest BCUT2D eigenvalue weighted by Gasteiger charge is 2.50. The molecule has 2 fully saturated rings. The van der Waals surface area contributed by atoms with E-state index in [2.05, 4.69) is 0 Å². The number of aliphatic hydroxyl groups excluding tert-OH is 3. The molecule has 2 aliphatic rings. The van der Waals surface area contributed by atoms with E-state index in [0.717, 1.165) is 12.8 Å². The van der Waals surface area contributed by atoms with Crippen LogP contribution in [-0.4, -0.2) is 53.6 Å². The first-order valence-electron chi connectivity index (χ1n) is 5.34. The molecule has 0 aromatic heterocycles. The number of hydrogen-bond acceptors (Lipinski definition) is 5. The Balaban J connectivity index is 2.09. The summed E-state index contributed by atoms with van der Waals surface area (Å²) in [4.78, 5) is 0. The first-order valence-corrected chi connectivity index (χ1v) is 5.34. The van der Waals surface area contributed by atoms with Gasteiger partial charge in [0.25, 0.3) is 0 Å². The zero-order chi connectivity index (χ0) is 11.0. The molecule has 88 valence electrons. The minimum Gasteiger partial charge on any atom is -0.394 e. The highest BCUT2D eigenvalue weighted by atomic mass is 16.7. The van der Waals surface area contributed by atoms with Crippen molar-refractivity contribution < 1.29 is 24.8 Å². The lowest BCUT2D eigenvalue weighted by Gasteiger charge is -2.41. The van der Waals surface area contributed by atoms with Crippen LogP contribution in [0.1, 0.15) is 12.8 Å². The topological polar surface area (TPSA) is 79.2 Å². The fourth-order valence-corrected chi connectivity index (χ4v) is 2.30. The van der Waals surface area contributed by atoms with Gasteiger partial charge in [0, 0.05) is 13.0 Å². The maximum atomic E-state index is 9.93. The summed E-state index contributed by atoms with van der Waals surface area (Å²) in [5, 5.41) is 28.6. The number of aliphatic hydroxyl groups is 3. The summed E-state index contributed by atoms with van der Waals surface area (Å²) < 4.78 is 10.6. The van der Waals surface area contributed by atoms with E-state index in [4.69, 9.17) is 14.6 Å². The number of hydrogen-bond donors (Lipinski definition) is 3. The van der Waals surface area contributed by atoms with Crippen molar-refractivity contribution >= 4 is 0 Å². The second kappa shape index (κ2) is 4.35. The smallest absolute Gasteiger partial charge is 0.163 e. The van der Waals surface area contributed by atoms with Crippen LogP contribution >= 0.6 is 0 Å². The molecule has 5 heteroatoms. The Morgan fingerprint density at radius 2 is 1.93 bits per heavy atom. The molecule has 0 aromatic rings. The second-order valence-corrected chi connectivity index (χ2v) is 4.36. The standard InChI is InChI=1S/C10H18O5/c1-14-10-7(5-2-3-5)9(13)8(12)6(4-11)15-10/h5-13H,2-4H2,1H3. The van der Waals surface area contributed by atoms with Crippen molar-refractivity contribution in [3.05, 3.63) is 0 Å². The van der Waals surface area contributed by atoms with Crippen LogP contribution in [0.15, 0.2) is 0 Å². The van der Waals surface area contributed by atoms with Gasteiger partial charge >= 0.3 is 0 Å². The van der Waals surface area contributed by atoms with Crippen LogP contribution in [0.2, 0.25) is 0 Å². The predicted octanol–water partition coefficient (Wildman–Crippen LogP) is -0.902. The van der Waals surface area contributed by atoms with Crippen molar-refractivity contribution in [2.45, 2.75) is 37.4 Å². The lowest BCUT2D eigenvalue weighted by Crippen LogP contribution is -2.56.